The molecule has 5 rings (SSSR count). The predicted molar refractivity (Wildman–Crippen MR) is 153 cm³/mol. The van der Waals surface area contributed by atoms with E-state index in [1.165, 1.54) is 24.6 Å². The third kappa shape index (κ3) is 5.37. The van der Waals surface area contributed by atoms with Gasteiger partial charge in [0.25, 0.3) is 5.91 Å². The molecule has 8 heteroatoms. The second kappa shape index (κ2) is 10.9. The maximum absolute atomic E-state index is 14.3. The molecule has 1 saturated heterocycles. The number of anilines is 2. The summed E-state index contributed by atoms with van der Waals surface area (Å²) in [5, 5.41) is 3.91. The number of carbonyl (C=O) groups excluding carboxylic acids is 2. The van der Waals surface area contributed by atoms with E-state index in [4.69, 9.17) is 0 Å². The fraction of sp³-hybridized carbons (Fsp3) is 0.323. The van der Waals surface area contributed by atoms with Crippen molar-refractivity contribution in [1.82, 2.24) is 14.5 Å². The number of piperidine rings is 1. The van der Waals surface area contributed by atoms with Crippen LogP contribution in [-0.2, 0) is 4.79 Å². The standard InChI is InChI=1S/C31H34FN5O2/c1-20(2)35(4)31(39)27-17-23(32)5-10-29(27)37-19-28(26-11-14-33-18-30(26)37)22-12-15-36(16-13-22)25-8-6-24(7-9-25)34-21(3)38/h5-11,14,17-20,22H,12-13,15-16H2,1-4H3,(H,34,38). The van der Waals surface area contributed by atoms with E-state index in [1.54, 1.807) is 24.2 Å². The van der Waals surface area contributed by atoms with E-state index in [0.29, 0.717) is 17.2 Å². The molecule has 3 heterocycles. The minimum Gasteiger partial charge on any atom is -0.371 e. The van der Waals surface area contributed by atoms with Crippen LogP contribution in [0, 0.1) is 5.82 Å². The van der Waals surface area contributed by atoms with Gasteiger partial charge in [-0.3, -0.25) is 14.6 Å². The lowest BCUT2D eigenvalue weighted by molar-refractivity contribution is -0.114. The maximum atomic E-state index is 14.3. The van der Waals surface area contributed by atoms with Crippen molar-refractivity contribution in [3.8, 4) is 5.69 Å². The molecule has 0 saturated carbocycles. The molecule has 0 bridgehead atoms. The average molecular weight is 528 g/mol. The van der Waals surface area contributed by atoms with Gasteiger partial charge in [0.1, 0.15) is 5.82 Å². The van der Waals surface area contributed by atoms with Gasteiger partial charge in [-0.15, -0.1) is 0 Å². The molecule has 4 aromatic rings. The maximum Gasteiger partial charge on any atom is 0.256 e. The largest absolute Gasteiger partial charge is 0.371 e. The van der Waals surface area contributed by atoms with Crippen LogP contribution in [0.4, 0.5) is 15.8 Å². The third-order valence-electron chi connectivity index (χ3n) is 7.67. The summed E-state index contributed by atoms with van der Waals surface area (Å²) in [6.45, 7) is 7.19. The van der Waals surface area contributed by atoms with E-state index in [0.717, 1.165) is 48.2 Å². The molecule has 202 valence electrons. The van der Waals surface area contributed by atoms with Crippen molar-refractivity contribution in [1.29, 1.82) is 0 Å². The Balaban J connectivity index is 1.44. The number of nitrogens with one attached hydrogen (secondary N) is 1. The molecule has 0 atom stereocenters. The first kappa shape index (κ1) is 26.4. The molecule has 0 unspecified atom stereocenters. The van der Waals surface area contributed by atoms with Crippen molar-refractivity contribution in [3.05, 3.63) is 84.1 Å². The van der Waals surface area contributed by atoms with Gasteiger partial charge >= 0.3 is 0 Å². The van der Waals surface area contributed by atoms with Crippen molar-refractivity contribution in [2.75, 3.05) is 30.4 Å². The van der Waals surface area contributed by atoms with Gasteiger partial charge in [0.15, 0.2) is 0 Å². The molecule has 1 aliphatic heterocycles. The Morgan fingerprint density at radius 1 is 1.08 bits per heavy atom. The summed E-state index contributed by atoms with van der Waals surface area (Å²) < 4.78 is 16.3. The molecular formula is C31H34FN5O2. The Labute approximate surface area is 228 Å². The lowest BCUT2D eigenvalue weighted by atomic mass is 9.89. The Morgan fingerprint density at radius 3 is 2.46 bits per heavy atom. The van der Waals surface area contributed by atoms with Gasteiger partial charge in [-0.1, -0.05) is 0 Å². The van der Waals surface area contributed by atoms with E-state index in [-0.39, 0.29) is 17.9 Å². The van der Waals surface area contributed by atoms with Gasteiger partial charge in [-0.05, 0) is 86.7 Å². The van der Waals surface area contributed by atoms with Crippen LogP contribution in [0.3, 0.4) is 0 Å². The SMILES string of the molecule is CC(=O)Nc1ccc(N2CCC(c3cn(-c4ccc(F)cc4C(=O)N(C)C(C)C)c4cnccc34)CC2)cc1. The highest BCUT2D eigenvalue weighted by molar-refractivity contribution is 5.99. The van der Waals surface area contributed by atoms with Crippen molar-refractivity contribution in [3.63, 3.8) is 0 Å². The molecule has 2 aromatic carbocycles. The number of benzene rings is 2. The number of fused-ring (bicyclic) bond motifs is 1. The number of aromatic nitrogens is 2. The lowest BCUT2D eigenvalue weighted by Crippen LogP contribution is -2.33. The number of amides is 2. The molecule has 0 spiro atoms. The first-order valence-corrected chi connectivity index (χ1v) is 13.4. The number of carbonyl (C=O) groups is 2. The third-order valence-corrected chi connectivity index (χ3v) is 7.67. The summed E-state index contributed by atoms with van der Waals surface area (Å²) in [7, 11) is 1.74. The van der Waals surface area contributed by atoms with Crippen LogP contribution in [0.15, 0.2) is 67.1 Å². The van der Waals surface area contributed by atoms with Crippen LogP contribution in [-0.4, -0.2) is 52.4 Å². The van der Waals surface area contributed by atoms with Gasteiger partial charge in [0, 0.05) is 62.3 Å². The number of pyridine rings is 1. The van der Waals surface area contributed by atoms with Gasteiger partial charge in [0.2, 0.25) is 5.91 Å². The molecule has 0 aliphatic carbocycles. The van der Waals surface area contributed by atoms with Crippen LogP contribution in [0.2, 0.25) is 0 Å². The van der Waals surface area contributed by atoms with E-state index in [9.17, 15) is 14.0 Å². The number of rotatable bonds is 6. The van der Waals surface area contributed by atoms with Crippen LogP contribution in [0.1, 0.15) is 55.5 Å². The zero-order valence-electron chi connectivity index (χ0n) is 22.8. The fourth-order valence-electron chi connectivity index (χ4n) is 5.35. The van der Waals surface area contributed by atoms with Crippen LogP contribution in [0.5, 0.6) is 0 Å². The van der Waals surface area contributed by atoms with Gasteiger partial charge in [-0.25, -0.2) is 4.39 Å². The average Bonchev–Trinajstić information content (AvgIpc) is 3.32. The highest BCUT2D eigenvalue weighted by Crippen LogP contribution is 2.37. The normalized spacial score (nSPS) is 14.2. The first-order valence-electron chi connectivity index (χ1n) is 13.4. The molecule has 7 nitrogen and oxygen atoms in total. The monoisotopic (exact) mass is 527 g/mol. The summed E-state index contributed by atoms with van der Waals surface area (Å²) in [5.74, 6) is -0.401. The van der Waals surface area contributed by atoms with Crippen LogP contribution >= 0.6 is 0 Å². The van der Waals surface area contributed by atoms with E-state index in [2.05, 4.69) is 21.4 Å². The molecule has 1 fully saturated rings. The van der Waals surface area contributed by atoms with E-state index >= 15 is 0 Å². The summed E-state index contributed by atoms with van der Waals surface area (Å²) in [5.41, 5.74) is 5.02. The van der Waals surface area contributed by atoms with Crippen LogP contribution < -0.4 is 10.2 Å². The number of halogens is 1. The van der Waals surface area contributed by atoms with E-state index < -0.39 is 5.82 Å². The van der Waals surface area contributed by atoms with Crippen molar-refractivity contribution in [2.45, 2.75) is 45.6 Å². The zero-order chi connectivity index (χ0) is 27.7. The van der Waals surface area contributed by atoms with Gasteiger partial charge in [0.05, 0.1) is 23.0 Å². The molecule has 1 aliphatic rings. The Bertz CT molecular complexity index is 1500. The van der Waals surface area contributed by atoms with Crippen molar-refractivity contribution in [2.24, 2.45) is 0 Å². The topological polar surface area (TPSA) is 70.5 Å². The fourth-order valence-corrected chi connectivity index (χ4v) is 5.35. The van der Waals surface area contributed by atoms with Crippen molar-refractivity contribution < 1.29 is 14.0 Å². The molecule has 0 radical (unpaired) electrons. The molecule has 39 heavy (non-hydrogen) atoms. The number of hydrogen-bond acceptors (Lipinski definition) is 4. The molecule has 1 N–H and O–H groups in total. The Hall–Kier alpha value is -4.20. The van der Waals surface area contributed by atoms with Gasteiger partial charge < -0.3 is 19.7 Å². The number of nitrogens with zero attached hydrogens (tertiary/aromatic N) is 4. The van der Waals surface area contributed by atoms with Crippen LogP contribution in [0.25, 0.3) is 16.6 Å². The quantitative estimate of drug-likeness (QED) is 0.335. The Kier molecular flexibility index (Phi) is 7.37. The smallest absolute Gasteiger partial charge is 0.256 e. The Morgan fingerprint density at radius 2 is 1.79 bits per heavy atom. The molecular weight excluding hydrogens is 493 g/mol. The van der Waals surface area contributed by atoms with E-state index in [1.807, 2.05) is 54.9 Å². The lowest BCUT2D eigenvalue weighted by Gasteiger charge is -2.33. The summed E-state index contributed by atoms with van der Waals surface area (Å²) >= 11 is 0. The number of hydrogen-bond donors (Lipinski definition) is 1. The second-order valence-corrected chi connectivity index (χ2v) is 10.5. The van der Waals surface area contributed by atoms with Crippen molar-refractivity contribution >= 4 is 34.1 Å². The second-order valence-electron chi connectivity index (χ2n) is 10.5. The summed E-state index contributed by atoms with van der Waals surface area (Å²) in [6, 6.07) is 14.4. The zero-order valence-corrected chi connectivity index (χ0v) is 22.8. The van der Waals surface area contributed by atoms with Gasteiger partial charge in [-0.2, -0.15) is 0 Å². The minimum absolute atomic E-state index is 0.0148. The highest BCUT2D eigenvalue weighted by atomic mass is 19.1. The highest BCUT2D eigenvalue weighted by Gasteiger charge is 2.26. The molecule has 2 amide bonds. The summed E-state index contributed by atoms with van der Waals surface area (Å²) in [6.07, 6.45) is 7.66. The predicted octanol–water partition coefficient (Wildman–Crippen LogP) is 5.99. The minimum atomic E-state index is -0.438. The summed E-state index contributed by atoms with van der Waals surface area (Å²) in [4.78, 5) is 33.0. The first-order chi connectivity index (χ1) is 18.7. The molecule has 2 aromatic heterocycles.